The number of amides is 2. The van der Waals surface area contributed by atoms with Gasteiger partial charge in [-0.15, -0.1) is 0 Å². The molecule has 2 aromatic heterocycles. The number of nitrogens with zero attached hydrogens (tertiary/aromatic N) is 4. The van der Waals surface area contributed by atoms with Crippen LogP contribution in [-0.4, -0.2) is 50.8 Å². The summed E-state index contributed by atoms with van der Waals surface area (Å²) in [6.45, 7) is 3.82. The second-order valence-electron chi connectivity index (χ2n) is 8.34. The molecule has 5 rings (SSSR count). The zero-order valence-corrected chi connectivity index (χ0v) is 16.5. The molecule has 3 aliphatic rings. The highest BCUT2D eigenvalue weighted by molar-refractivity contribution is 5.82. The number of carbonyl (C=O) groups is 2. The van der Waals surface area contributed by atoms with Crippen LogP contribution in [0.25, 0.3) is 0 Å². The van der Waals surface area contributed by atoms with E-state index in [0.717, 1.165) is 29.8 Å². The van der Waals surface area contributed by atoms with Crippen LogP contribution in [0.3, 0.4) is 0 Å². The molecule has 0 aliphatic carbocycles. The molecule has 0 aromatic carbocycles. The van der Waals surface area contributed by atoms with Crippen molar-refractivity contribution in [3.63, 3.8) is 0 Å². The van der Waals surface area contributed by atoms with Crippen LogP contribution in [0.1, 0.15) is 42.3 Å². The summed E-state index contributed by atoms with van der Waals surface area (Å²) in [5, 5.41) is 0. The molecule has 150 valence electrons. The molecule has 7 heteroatoms. The van der Waals surface area contributed by atoms with Crippen LogP contribution in [0.15, 0.2) is 41.3 Å². The van der Waals surface area contributed by atoms with E-state index in [1.54, 1.807) is 23.8 Å². The number of fused-ring (bicyclic) bond motifs is 5. The Bertz CT molecular complexity index is 1050. The summed E-state index contributed by atoms with van der Waals surface area (Å²) >= 11 is 0. The fourth-order valence-corrected chi connectivity index (χ4v) is 5.25. The van der Waals surface area contributed by atoms with Crippen LogP contribution in [0, 0.1) is 5.92 Å². The SMILES string of the molecule is CC(=O)N1C[C@H]2C[C@@H](C1)[C@H](C(=O)N1CCc3ncccc3C1)n1c2cccc1=O. The zero-order valence-electron chi connectivity index (χ0n) is 16.5. The lowest BCUT2D eigenvalue weighted by Crippen LogP contribution is -2.55. The van der Waals surface area contributed by atoms with Crippen LogP contribution in [-0.2, 0) is 22.6 Å². The van der Waals surface area contributed by atoms with Gasteiger partial charge in [-0.1, -0.05) is 12.1 Å². The maximum atomic E-state index is 13.7. The van der Waals surface area contributed by atoms with Gasteiger partial charge in [0.25, 0.3) is 5.56 Å². The fraction of sp³-hybridized carbons (Fsp3) is 0.455. The van der Waals surface area contributed by atoms with E-state index in [1.807, 2.05) is 28.0 Å². The Hall–Kier alpha value is -2.96. The summed E-state index contributed by atoms with van der Waals surface area (Å²) in [7, 11) is 0. The number of rotatable bonds is 1. The van der Waals surface area contributed by atoms with Crippen molar-refractivity contribution < 1.29 is 9.59 Å². The summed E-state index contributed by atoms with van der Waals surface area (Å²) in [4.78, 5) is 46.7. The molecular weight excluding hydrogens is 368 g/mol. The lowest BCUT2D eigenvalue weighted by molar-refractivity contribution is -0.142. The van der Waals surface area contributed by atoms with Crippen LogP contribution in [0.2, 0.25) is 0 Å². The van der Waals surface area contributed by atoms with Crippen molar-refractivity contribution in [2.45, 2.75) is 38.3 Å². The van der Waals surface area contributed by atoms with Crippen LogP contribution in [0.4, 0.5) is 0 Å². The van der Waals surface area contributed by atoms with Crippen LogP contribution in [0.5, 0.6) is 0 Å². The number of likely N-dealkylation sites (tertiary alicyclic amines) is 1. The van der Waals surface area contributed by atoms with E-state index >= 15 is 0 Å². The van der Waals surface area contributed by atoms with Gasteiger partial charge >= 0.3 is 0 Å². The zero-order chi connectivity index (χ0) is 20.1. The molecule has 0 spiro atoms. The number of piperidine rings is 1. The molecule has 0 unspecified atom stereocenters. The van der Waals surface area contributed by atoms with Crippen molar-refractivity contribution >= 4 is 11.8 Å². The molecule has 1 saturated heterocycles. The van der Waals surface area contributed by atoms with Gasteiger partial charge in [0.2, 0.25) is 11.8 Å². The van der Waals surface area contributed by atoms with Crippen molar-refractivity contribution in [2.75, 3.05) is 19.6 Å². The number of hydrogen-bond acceptors (Lipinski definition) is 4. The lowest BCUT2D eigenvalue weighted by Gasteiger charge is -2.47. The standard InChI is InChI=1S/C22H24N4O3/c1-14(27)25-12-16-10-17(13-25)21(26-19(16)5-2-6-20(26)28)22(29)24-9-7-18-15(11-24)4-3-8-23-18/h2-6,8,16-17,21H,7,9-13H2,1H3/t16-,17+,21-/m1/s1. The minimum atomic E-state index is -0.560. The third-order valence-corrected chi connectivity index (χ3v) is 6.62. The van der Waals surface area contributed by atoms with Crippen molar-refractivity contribution in [1.82, 2.24) is 19.4 Å². The molecule has 0 N–H and O–H groups in total. The van der Waals surface area contributed by atoms with Crippen LogP contribution < -0.4 is 5.56 Å². The molecule has 2 aromatic rings. The smallest absolute Gasteiger partial charge is 0.251 e. The maximum Gasteiger partial charge on any atom is 0.251 e. The third kappa shape index (κ3) is 2.96. The summed E-state index contributed by atoms with van der Waals surface area (Å²) < 4.78 is 1.71. The van der Waals surface area contributed by atoms with Gasteiger partial charge in [-0.05, 0) is 24.1 Å². The number of hydrogen-bond donors (Lipinski definition) is 0. The van der Waals surface area contributed by atoms with Gasteiger partial charge < -0.3 is 9.80 Å². The van der Waals surface area contributed by atoms with Gasteiger partial charge in [0.05, 0.1) is 0 Å². The largest absolute Gasteiger partial charge is 0.342 e. The van der Waals surface area contributed by atoms with E-state index in [4.69, 9.17) is 0 Å². The molecule has 1 fully saturated rings. The van der Waals surface area contributed by atoms with Gasteiger partial charge in [0.15, 0.2) is 0 Å². The molecule has 0 radical (unpaired) electrons. The highest BCUT2D eigenvalue weighted by atomic mass is 16.2. The minimum absolute atomic E-state index is 0.0237. The summed E-state index contributed by atoms with van der Waals surface area (Å²) in [5.41, 5.74) is 2.84. The Balaban J connectivity index is 1.53. The van der Waals surface area contributed by atoms with Gasteiger partial charge in [-0.25, -0.2) is 0 Å². The van der Waals surface area contributed by atoms with Crippen LogP contribution >= 0.6 is 0 Å². The predicted molar refractivity (Wildman–Crippen MR) is 106 cm³/mol. The van der Waals surface area contributed by atoms with E-state index in [9.17, 15) is 14.4 Å². The molecule has 3 aliphatic heterocycles. The molecule has 5 heterocycles. The van der Waals surface area contributed by atoms with Gasteiger partial charge in [-0.3, -0.25) is 23.9 Å². The first kappa shape index (κ1) is 18.1. The van der Waals surface area contributed by atoms with Gasteiger partial charge in [0.1, 0.15) is 6.04 Å². The molecular formula is C22H24N4O3. The Labute approximate surface area is 169 Å². The Morgan fingerprint density at radius 1 is 1.10 bits per heavy atom. The third-order valence-electron chi connectivity index (χ3n) is 6.62. The first-order chi connectivity index (χ1) is 14.0. The second-order valence-corrected chi connectivity index (χ2v) is 8.34. The summed E-state index contributed by atoms with van der Waals surface area (Å²) in [6.07, 6.45) is 3.33. The van der Waals surface area contributed by atoms with E-state index < -0.39 is 6.04 Å². The van der Waals surface area contributed by atoms with Crippen molar-refractivity contribution in [1.29, 1.82) is 0 Å². The fourth-order valence-electron chi connectivity index (χ4n) is 5.25. The molecule has 0 saturated carbocycles. The Morgan fingerprint density at radius 2 is 1.97 bits per heavy atom. The monoisotopic (exact) mass is 392 g/mol. The topological polar surface area (TPSA) is 75.5 Å². The number of carbonyl (C=O) groups excluding carboxylic acids is 2. The first-order valence-corrected chi connectivity index (χ1v) is 10.2. The normalized spacial score (nSPS) is 25.2. The Morgan fingerprint density at radius 3 is 2.79 bits per heavy atom. The quantitative estimate of drug-likeness (QED) is 0.734. The average Bonchev–Trinajstić information content (AvgIpc) is 2.73. The molecule has 29 heavy (non-hydrogen) atoms. The first-order valence-electron chi connectivity index (χ1n) is 10.2. The summed E-state index contributed by atoms with van der Waals surface area (Å²) in [6, 6.07) is 8.56. The van der Waals surface area contributed by atoms with Crippen molar-refractivity contribution in [3.8, 4) is 0 Å². The van der Waals surface area contributed by atoms with Gasteiger partial charge in [-0.2, -0.15) is 0 Å². The van der Waals surface area contributed by atoms with Crippen molar-refractivity contribution in [3.05, 3.63) is 63.8 Å². The summed E-state index contributed by atoms with van der Waals surface area (Å²) in [5.74, 6) is 0.0495. The molecule has 7 nitrogen and oxygen atoms in total. The molecule has 2 amide bonds. The molecule has 3 atom stereocenters. The molecule has 2 bridgehead atoms. The second kappa shape index (κ2) is 6.83. The Kier molecular flexibility index (Phi) is 4.26. The lowest BCUT2D eigenvalue weighted by atomic mass is 9.77. The highest BCUT2D eigenvalue weighted by Crippen LogP contribution is 2.42. The number of aromatic nitrogens is 2. The predicted octanol–water partition coefficient (Wildman–Crippen LogP) is 1.33. The van der Waals surface area contributed by atoms with E-state index in [1.165, 1.54) is 6.07 Å². The highest BCUT2D eigenvalue weighted by Gasteiger charge is 2.45. The van der Waals surface area contributed by atoms with E-state index in [2.05, 4.69) is 4.98 Å². The van der Waals surface area contributed by atoms with E-state index in [0.29, 0.717) is 26.2 Å². The maximum absolute atomic E-state index is 13.7. The average molecular weight is 392 g/mol. The minimum Gasteiger partial charge on any atom is -0.342 e. The number of pyridine rings is 2. The van der Waals surface area contributed by atoms with E-state index in [-0.39, 0.29) is 29.2 Å². The van der Waals surface area contributed by atoms with Crippen molar-refractivity contribution in [2.24, 2.45) is 5.92 Å². The van der Waals surface area contributed by atoms with Gasteiger partial charge in [0, 0.05) is 75.0 Å².